The van der Waals surface area contributed by atoms with Crippen LogP contribution in [0.5, 0.6) is 0 Å². The molecule has 0 atom stereocenters. The van der Waals surface area contributed by atoms with Crippen molar-refractivity contribution < 1.29 is 19.2 Å². The number of aliphatic hydroxyl groups is 1. The molecule has 1 aliphatic rings. The van der Waals surface area contributed by atoms with Crippen molar-refractivity contribution in [1.82, 2.24) is 0 Å². The fourth-order valence-electron chi connectivity index (χ4n) is 2.73. The number of rotatable bonds is 7. The van der Waals surface area contributed by atoms with E-state index >= 15 is 0 Å². The SMILES string of the molecule is CC(=O)SCC(=Cc1ccccc1CCCO)B1OC(C)(C)C(C)(C)O1. The first kappa shape index (κ1) is 21.2. The van der Waals surface area contributed by atoms with Crippen LogP contribution in [0, 0.1) is 0 Å². The van der Waals surface area contributed by atoms with Crippen molar-refractivity contribution in [2.75, 3.05) is 12.4 Å². The Hall–Kier alpha value is -1.08. The van der Waals surface area contributed by atoms with Crippen molar-refractivity contribution in [2.45, 2.75) is 58.7 Å². The number of hydrogen-bond acceptors (Lipinski definition) is 5. The summed E-state index contributed by atoms with van der Waals surface area (Å²) in [7, 11) is -0.474. The highest BCUT2D eigenvalue weighted by molar-refractivity contribution is 8.13. The van der Waals surface area contributed by atoms with Gasteiger partial charge in [-0.05, 0) is 57.1 Å². The number of thioether (sulfide) groups is 1. The third-order valence-corrected chi connectivity index (χ3v) is 5.88. The molecule has 1 saturated heterocycles. The molecule has 1 aliphatic heterocycles. The van der Waals surface area contributed by atoms with E-state index in [9.17, 15) is 4.79 Å². The second-order valence-electron chi connectivity index (χ2n) is 7.61. The van der Waals surface area contributed by atoms with Crippen LogP contribution < -0.4 is 0 Å². The largest absolute Gasteiger partial charge is 0.491 e. The summed E-state index contributed by atoms with van der Waals surface area (Å²) < 4.78 is 12.4. The first-order chi connectivity index (χ1) is 12.2. The summed E-state index contributed by atoms with van der Waals surface area (Å²) in [6.07, 6.45) is 3.60. The van der Waals surface area contributed by atoms with Gasteiger partial charge in [-0.3, -0.25) is 4.79 Å². The average Bonchev–Trinajstić information content (AvgIpc) is 2.78. The molecule has 0 spiro atoms. The molecule has 0 aliphatic carbocycles. The standard InChI is InChI=1S/C20H29BO4S/c1-15(23)26-14-18(21-24-19(2,3)20(4,5)25-21)13-17-10-7-6-9-16(17)11-8-12-22/h6-7,9-10,13,22H,8,11-12,14H2,1-5H3. The Morgan fingerprint density at radius 2 is 1.81 bits per heavy atom. The summed E-state index contributed by atoms with van der Waals surface area (Å²) in [4.78, 5) is 11.5. The van der Waals surface area contributed by atoms with Crippen LogP contribution in [0.25, 0.3) is 6.08 Å². The number of benzene rings is 1. The third-order valence-electron chi connectivity index (χ3n) is 5.00. The lowest BCUT2D eigenvalue weighted by Gasteiger charge is -2.32. The predicted molar refractivity (Wildman–Crippen MR) is 109 cm³/mol. The van der Waals surface area contributed by atoms with Crippen LogP contribution in [0.15, 0.2) is 29.7 Å². The molecule has 26 heavy (non-hydrogen) atoms. The molecule has 142 valence electrons. The van der Waals surface area contributed by atoms with E-state index in [-0.39, 0.29) is 11.7 Å². The number of carbonyl (C=O) groups excluding carboxylic acids is 1. The molecule has 1 fully saturated rings. The van der Waals surface area contributed by atoms with Crippen molar-refractivity contribution in [2.24, 2.45) is 0 Å². The van der Waals surface area contributed by atoms with Gasteiger partial charge < -0.3 is 14.4 Å². The summed E-state index contributed by atoms with van der Waals surface area (Å²) in [5.74, 6) is 0.528. The summed E-state index contributed by atoms with van der Waals surface area (Å²) in [6, 6.07) is 8.12. The Kier molecular flexibility index (Phi) is 7.14. The van der Waals surface area contributed by atoms with Crippen molar-refractivity contribution in [3.63, 3.8) is 0 Å². The van der Waals surface area contributed by atoms with E-state index in [2.05, 4.69) is 18.2 Å². The van der Waals surface area contributed by atoms with E-state index in [0.717, 1.165) is 23.9 Å². The zero-order valence-corrected chi connectivity index (χ0v) is 17.2. The molecule has 0 saturated carbocycles. The topological polar surface area (TPSA) is 55.8 Å². The molecule has 0 aromatic heterocycles. The quantitative estimate of drug-likeness (QED) is 0.732. The fourth-order valence-corrected chi connectivity index (χ4v) is 3.32. The lowest BCUT2D eigenvalue weighted by molar-refractivity contribution is -0.109. The van der Waals surface area contributed by atoms with Crippen LogP contribution in [-0.2, 0) is 20.5 Å². The van der Waals surface area contributed by atoms with E-state index in [1.165, 1.54) is 17.3 Å². The van der Waals surface area contributed by atoms with Crippen molar-refractivity contribution in [3.05, 3.63) is 40.9 Å². The molecule has 0 unspecified atom stereocenters. The molecule has 1 aromatic rings. The molecule has 1 N–H and O–H groups in total. The zero-order chi connectivity index (χ0) is 19.4. The van der Waals surface area contributed by atoms with E-state index in [1.54, 1.807) is 6.92 Å². The highest BCUT2D eigenvalue weighted by atomic mass is 32.2. The number of aliphatic hydroxyl groups excluding tert-OH is 1. The van der Waals surface area contributed by atoms with E-state index < -0.39 is 18.3 Å². The first-order valence-electron chi connectivity index (χ1n) is 9.04. The third kappa shape index (κ3) is 5.23. The van der Waals surface area contributed by atoms with Gasteiger partial charge >= 0.3 is 7.12 Å². The van der Waals surface area contributed by atoms with E-state index in [1.807, 2.05) is 39.8 Å². The Labute approximate surface area is 161 Å². The van der Waals surface area contributed by atoms with Gasteiger partial charge in [-0.2, -0.15) is 0 Å². The predicted octanol–water partition coefficient (Wildman–Crippen LogP) is 3.91. The summed E-state index contributed by atoms with van der Waals surface area (Å²) >= 11 is 1.26. The highest BCUT2D eigenvalue weighted by Crippen LogP contribution is 2.39. The molecule has 6 heteroatoms. The van der Waals surface area contributed by atoms with Gasteiger partial charge in [0, 0.05) is 19.3 Å². The van der Waals surface area contributed by atoms with Crippen LogP contribution in [-0.4, -0.2) is 40.9 Å². The van der Waals surface area contributed by atoms with Gasteiger partial charge in [0.1, 0.15) is 0 Å². The maximum absolute atomic E-state index is 11.5. The fraction of sp³-hybridized carbons (Fsp3) is 0.550. The molecule has 4 nitrogen and oxygen atoms in total. The molecule has 0 amide bonds. The summed E-state index contributed by atoms with van der Waals surface area (Å²) in [6.45, 7) is 9.84. The van der Waals surface area contributed by atoms with Gasteiger partial charge in [0.05, 0.1) is 11.2 Å². The van der Waals surface area contributed by atoms with Crippen molar-refractivity contribution in [3.8, 4) is 0 Å². The maximum Gasteiger partial charge on any atom is 0.491 e. The van der Waals surface area contributed by atoms with Crippen LogP contribution in [0.2, 0.25) is 0 Å². The van der Waals surface area contributed by atoms with Gasteiger partial charge in [0.15, 0.2) is 5.12 Å². The minimum Gasteiger partial charge on any atom is -0.400 e. The van der Waals surface area contributed by atoms with Crippen LogP contribution in [0.3, 0.4) is 0 Å². The second kappa shape index (κ2) is 8.74. The van der Waals surface area contributed by atoms with E-state index in [0.29, 0.717) is 5.75 Å². The Morgan fingerprint density at radius 1 is 1.19 bits per heavy atom. The molecule has 2 rings (SSSR count). The molecule has 1 heterocycles. The molecular formula is C20H29BO4S. The average molecular weight is 376 g/mol. The van der Waals surface area contributed by atoms with E-state index in [4.69, 9.17) is 14.4 Å². The van der Waals surface area contributed by atoms with Gasteiger partial charge in [0.25, 0.3) is 0 Å². The first-order valence-corrected chi connectivity index (χ1v) is 10.0. The molecular weight excluding hydrogens is 347 g/mol. The summed E-state index contributed by atoms with van der Waals surface area (Å²) in [5, 5.41) is 9.21. The Balaban J connectivity index is 2.34. The smallest absolute Gasteiger partial charge is 0.400 e. The van der Waals surface area contributed by atoms with Crippen LogP contribution >= 0.6 is 11.8 Å². The Bertz CT molecular complexity index is 654. The van der Waals surface area contributed by atoms with Gasteiger partial charge in [-0.15, -0.1) is 0 Å². The maximum atomic E-state index is 11.5. The van der Waals surface area contributed by atoms with Crippen molar-refractivity contribution >= 4 is 30.1 Å². The van der Waals surface area contributed by atoms with Crippen LogP contribution in [0.4, 0.5) is 0 Å². The highest BCUT2D eigenvalue weighted by Gasteiger charge is 2.52. The van der Waals surface area contributed by atoms with Crippen molar-refractivity contribution in [1.29, 1.82) is 0 Å². The number of carbonyl (C=O) groups is 1. The monoisotopic (exact) mass is 376 g/mol. The molecule has 1 aromatic carbocycles. The van der Waals surface area contributed by atoms with Crippen LogP contribution in [0.1, 0.15) is 52.2 Å². The van der Waals surface area contributed by atoms with Gasteiger partial charge in [-0.25, -0.2) is 0 Å². The number of aryl methyl sites for hydroxylation is 1. The lowest BCUT2D eigenvalue weighted by Crippen LogP contribution is -2.41. The minimum absolute atomic E-state index is 0.0704. The van der Waals surface area contributed by atoms with Gasteiger partial charge in [-0.1, -0.05) is 42.1 Å². The molecule has 0 bridgehead atoms. The lowest BCUT2D eigenvalue weighted by atomic mass is 9.78. The van der Waals surface area contributed by atoms with Gasteiger partial charge in [0.2, 0.25) is 0 Å². The summed E-state index contributed by atoms with van der Waals surface area (Å²) in [5.41, 5.74) is 2.35. The normalized spacial score (nSPS) is 19.0. The second-order valence-corrected chi connectivity index (χ2v) is 8.77. The Morgan fingerprint density at radius 3 is 2.38 bits per heavy atom. The zero-order valence-electron chi connectivity index (χ0n) is 16.4. The minimum atomic E-state index is -0.474. The number of hydrogen-bond donors (Lipinski definition) is 1. The molecule has 0 radical (unpaired) electrons.